The van der Waals surface area contributed by atoms with E-state index in [9.17, 15) is 18.3 Å². The van der Waals surface area contributed by atoms with Crippen LogP contribution in [0.25, 0.3) is 11.5 Å². The monoisotopic (exact) mass is 312 g/mol. The van der Waals surface area contributed by atoms with Gasteiger partial charge < -0.3 is 9.52 Å². The van der Waals surface area contributed by atoms with Crippen molar-refractivity contribution < 1.29 is 22.7 Å². The molecule has 2 rings (SSSR count). The van der Waals surface area contributed by atoms with Gasteiger partial charge in [0.1, 0.15) is 17.0 Å². The Bertz CT molecular complexity index is 757. The molecule has 2 aromatic rings. The maximum absolute atomic E-state index is 11.5. The second-order valence-electron chi connectivity index (χ2n) is 4.61. The summed E-state index contributed by atoms with van der Waals surface area (Å²) in [7, 11) is -3.13. The molecule has 0 fully saturated rings. The first-order valence-electron chi connectivity index (χ1n) is 6.40. The van der Waals surface area contributed by atoms with E-state index in [4.69, 9.17) is 4.42 Å². The van der Waals surface area contributed by atoms with Crippen LogP contribution in [-0.2, 0) is 16.4 Å². The lowest BCUT2D eigenvalue weighted by atomic mass is 10.2. The van der Waals surface area contributed by atoms with Crippen LogP contribution < -0.4 is 0 Å². The molecule has 0 saturated carbocycles. The Hall–Kier alpha value is -2.09. The Morgan fingerprint density at radius 3 is 2.67 bits per heavy atom. The highest BCUT2D eigenvalue weighted by Gasteiger charge is 2.20. The van der Waals surface area contributed by atoms with Gasteiger partial charge in [-0.15, -0.1) is 0 Å². The number of carbonyl (C=O) groups is 1. The van der Waals surface area contributed by atoms with Crippen LogP contribution >= 0.6 is 0 Å². The predicted octanol–water partition coefficient (Wildman–Crippen LogP) is 1.58. The van der Waals surface area contributed by atoms with Gasteiger partial charge in [-0.25, -0.2) is 13.2 Å². The van der Waals surface area contributed by atoms with Crippen molar-refractivity contribution in [3.63, 3.8) is 0 Å². The van der Waals surface area contributed by atoms with Crippen LogP contribution in [0.2, 0.25) is 0 Å². The lowest BCUT2D eigenvalue weighted by Gasteiger charge is -2.01. The molecule has 8 heteroatoms. The average Bonchev–Trinajstić information content (AvgIpc) is 3.02. The number of hydrogen-bond donors (Lipinski definition) is 1. The highest BCUT2D eigenvalue weighted by molar-refractivity contribution is 7.91. The molecule has 0 bridgehead atoms. The largest absolute Gasteiger partial charge is 0.478 e. The summed E-state index contributed by atoms with van der Waals surface area (Å²) < 4.78 is 29.7. The van der Waals surface area contributed by atoms with E-state index in [1.807, 2.05) is 0 Å². The Morgan fingerprint density at radius 1 is 1.43 bits per heavy atom. The molecule has 0 atom stereocenters. The number of rotatable bonds is 6. The quantitative estimate of drug-likeness (QED) is 0.869. The lowest BCUT2D eigenvalue weighted by Crippen LogP contribution is -2.15. The summed E-state index contributed by atoms with van der Waals surface area (Å²) in [5.74, 6) is -0.180. The summed E-state index contributed by atoms with van der Waals surface area (Å²) in [6.07, 6.45) is 1.32. The maximum Gasteiger partial charge on any atom is 0.339 e. The first kappa shape index (κ1) is 15.3. The van der Waals surface area contributed by atoms with Crippen LogP contribution in [0.3, 0.4) is 0 Å². The van der Waals surface area contributed by atoms with E-state index < -0.39 is 15.8 Å². The van der Waals surface area contributed by atoms with Crippen LogP contribution in [-0.4, -0.2) is 40.8 Å². The molecule has 21 heavy (non-hydrogen) atoms. The fraction of sp³-hybridized carbons (Fsp3) is 0.385. The molecule has 0 aliphatic carbocycles. The van der Waals surface area contributed by atoms with Gasteiger partial charge in [0, 0.05) is 11.9 Å². The van der Waals surface area contributed by atoms with Gasteiger partial charge in [0.2, 0.25) is 0 Å². The second kappa shape index (κ2) is 5.72. The zero-order valence-electron chi connectivity index (χ0n) is 11.7. The Morgan fingerprint density at radius 2 is 2.14 bits per heavy atom. The second-order valence-corrected chi connectivity index (χ2v) is 7.08. The summed E-state index contributed by atoms with van der Waals surface area (Å²) in [6, 6.07) is 3.35. The minimum Gasteiger partial charge on any atom is -0.478 e. The number of aryl methyl sites for hydroxylation is 2. The average molecular weight is 312 g/mol. The van der Waals surface area contributed by atoms with E-state index in [1.54, 1.807) is 26.0 Å². The predicted molar refractivity (Wildman–Crippen MR) is 76.0 cm³/mol. The molecule has 114 valence electrons. The molecule has 0 saturated heterocycles. The highest BCUT2D eigenvalue weighted by atomic mass is 32.2. The molecular formula is C13H16N2O5S. The van der Waals surface area contributed by atoms with E-state index in [0.29, 0.717) is 11.5 Å². The molecular weight excluding hydrogens is 296 g/mol. The zero-order valence-corrected chi connectivity index (χ0v) is 12.6. The number of furan rings is 1. The van der Waals surface area contributed by atoms with Gasteiger partial charge in [-0.3, -0.25) is 4.68 Å². The first-order valence-corrected chi connectivity index (χ1v) is 8.22. The minimum absolute atomic E-state index is 0.0155. The number of carboxylic acids is 1. The third kappa shape index (κ3) is 3.52. The molecule has 2 aromatic heterocycles. The van der Waals surface area contributed by atoms with Gasteiger partial charge in [0.15, 0.2) is 15.6 Å². The van der Waals surface area contributed by atoms with E-state index in [0.717, 1.165) is 0 Å². The minimum atomic E-state index is -3.13. The molecule has 0 amide bonds. The van der Waals surface area contributed by atoms with Gasteiger partial charge in [-0.05, 0) is 19.1 Å². The van der Waals surface area contributed by atoms with Crippen molar-refractivity contribution in [3.05, 3.63) is 29.7 Å². The molecule has 1 N–H and O–H groups in total. The number of aromatic carboxylic acids is 1. The summed E-state index contributed by atoms with van der Waals surface area (Å²) >= 11 is 0. The van der Waals surface area contributed by atoms with E-state index in [2.05, 4.69) is 5.10 Å². The SMILES string of the molecule is CCS(=O)(=O)CCn1cc(C(=O)O)c(-c2ccc(C)o2)n1. The molecule has 7 nitrogen and oxygen atoms in total. The number of hydrogen-bond acceptors (Lipinski definition) is 5. The first-order chi connectivity index (χ1) is 9.82. The molecule has 0 unspecified atom stereocenters. The number of aromatic nitrogens is 2. The molecule has 0 aromatic carbocycles. The Labute approximate surface area is 122 Å². The summed E-state index contributed by atoms with van der Waals surface area (Å²) in [5.41, 5.74) is 0.183. The van der Waals surface area contributed by atoms with Gasteiger partial charge in [-0.2, -0.15) is 5.10 Å². The molecule has 0 radical (unpaired) electrons. The number of carboxylic acid groups (broad SMARTS) is 1. The van der Waals surface area contributed by atoms with E-state index >= 15 is 0 Å². The van der Waals surface area contributed by atoms with Crippen LogP contribution in [0.5, 0.6) is 0 Å². The van der Waals surface area contributed by atoms with Crippen molar-refractivity contribution in [2.24, 2.45) is 0 Å². The third-order valence-electron chi connectivity index (χ3n) is 3.04. The van der Waals surface area contributed by atoms with Crippen molar-refractivity contribution in [2.75, 3.05) is 11.5 Å². The maximum atomic E-state index is 11.5. The molecule has 0 spiro atoms. The number of nitrogens with zero attached hydrogens (tertiary/aromatic N) is 2. The van der Waals surface area contributed by atoms with Crippen molar-refractivity contribution in [1.82, 2.24) is 9.78 Å². The van der Waals surface area contributed by atoms with Gasteiger partial charge in [0.05, 0.1) is 12.3 Å². The van der Waals surface area contributed by atoms with Crippen LogP contribution in [0.1, 0.15) is 23.0 Å². The van der Waals surface area contributed by atoms with E-state index in [-0.39, 0.29) is 29.3 Å². The van der Waals surface area contributed by atoms with Gasteiger partial charge in [0.25, 0.3) is 0 Å². The Kier molecular flexibility index (Phi) is 4.17. The highest BCUT2D eigenvalue weighted by Crippen LogP contribution is 2.24. The molecule has 0 aliphatic heterocycles. The van der Waals surface area contributed by atoms with Crippen molar-refractivity contribution >= 4 is 15.8 Å². The van der Waals surface area contributed by atoms with Gasteiger partial charge >= 0.3 is 5.97 Å². The van der Waals surface area contributed by atoms with Crippen LogP contribution in [0.15, 0.2) is 22.7 Å². The van der Waals surface area contributed by atoms with Crippen LogP contribution in [0.4, 0.5) is 0 Å². The van der Waals surface area contributed by atoms with Crippen molar-refractivity contribution in [1.29, 1.82) is 0 Å². The normalized spacial score (nSPS) is 11.7. The van der Waals surface area contributed by atoms with E-state index in [1.165, 1.54) is 10.9 Å². The summed E-state index contributed by atoms with van der Waals surface area (Å²) in [6.45, 7) is 3.42. The number of sulfone groups is 1. The van der Waals surface area contributed by atoms with Crippen molar-refractivity contribution in [2.45, 2.75) is 20.4 Å². The molecule has 2 heterocycles. The van der Waals surface area contributed by atoms with Crippen LogP contribution in [0, 0.1) is 6.92 Å². The van der Waals surface area contributed by atoms with Gasteiger partial charge in [-0.1, -0.05) is 6.92 Å². The molecule has 0 aliphatic rings. The summed E-state index contributed by atoms with van der Waals surface area (Å²) in [5, 5.41) is 13.3. The Balaban J connectivity index is 2.32. The smallest absolute Gasteiger partial charge is 0.339 e. The summed E-state index contributed by atoms with van der Waals surface area (Å²) in [4.78, 5) is 11.3. The fourth-order valence-corrected chi connectivity index (χ4v) is 2.57. The standard InChI is InChI=1S/C13H16N2O5S/c1-3-21(18,19)7-6-15-8-10(13(16)17)12(14-15)11-5-4-9(2)20-11/h4-5,8H,3,6-7H2,1-2H3,(H,16,17). The third-order valence-corrected chi connectivity index (χ3v) is 4.72. The lowest BCUT2D eigenvalue weighted by molar-refractivity contribution is 0.0697. The fourth-order valence-electron chi connectivity index (χ4n) is 1.81. The van der Waals surface area contributed by atoms with Crippen molar-refractivity contribution in [3.8, 4) is 11.5 Å². The zero-order chi connectivity index (χ0) is 15.6. The topological polar surface area (TPSA) is 102 Å².